The van der Waals surface area contributed by atoms with Crippen LogP contribution in [0.15, 0.2) is 48.8 Å². The Morgan fingerprint density at radius 1 is 0.919 bits per heavy atom. The molecule has 2 aliphatic heterocycles. The van der Waals surface area contributed by atoms with E-state index in [0.29, 0.717) is 18.7 Å². The Bertz CT molecular complexity index is 1070. The standard InChI is InChI=1S/C24H29N3O4.C2H2O4/c1-31-20-6-4-17(5-7-20)23(29)18-8-12-26(13-9-18)21-10-14-27(16-22(21)28)24(30)19-3-2-11-25-15-19;3-1(4)2(5)6/h2-7,11,15,18,21-22,28H,8-10,12-14,16H2,1H3;(H,3,4)(H,5,6)/t21-,22-;/m0./s1. The first-order valence-electron chi connectivity index (χ1n) is 12.0. The summed E-state index contributed by atoms with van der Waals surface area (Å²) in [5, 5.41) is 25.5. The highest BCUT2D eigenvalue weighted by molar-refractivity contribution is 6.27. The number of carboxylic acid groups (broad SMARTS) is 2. The summed E-state index contributed by atoms with van der Waals surface area (Å²) in [5.41, 5.74) is 1.27. The molecule has 3 heterocycles. The molecular weight excluding hydrogens is 482 g/mol. The van der Waals surface area contributed by atoms with Crippen molar-refractivity contribution < 1.29 is 39.2 Å². The maximum atomic E-state index is 12.8. The number of amides is 1. The smallest absolute Gasteiger partial charge is 0.414 e. The van der Waals surface area contributed by atoms with Crippen molar-refractivity contribution in [2.45, 2.75) is 31.4 Å². The summed E-state index contributed by atoms with van der Waals surface area (Å²) in [6.45, 7) is 2.50. The molecule has 2 aromatic rings. The lowest BCUT2D eigenvalue weighted by Gasteiger charge is -2.44. The average Bonchev–Trinajstić information content (AvgIpc) is 2.93. The van der Waals surface area contributed by atoms with Gasteiger partial charge in [0.2, 0.25) is 0 Å². The van der Waals surface area contributed by atoms with Crippen molar-refractivity contribution in [3.05, 3.63) is 59.9 Å². The van der Waals surface area contributed by atoms with Gasteiger partial charge in [0.1, 0.15) is 5.75 Å². The number of Topliss-reactive ketones (excluding diaryl/α,β-unsaturated/α-hetero) is 1. The van der Waals surface area contributed by atoms with Crippen LogP contribution in [-0.2, 0) is 9.59 Å². The molecule has 2 atom stereocenters. The first-order chi connectivity index (χ1) is 17.7. The summed E-state index contributed by atoms with van der Waals surface area (Å²) in [6, 6.07) is 10.8. The fourth-order valence-corrected chi connectivity index (χ4v) is 4.69. The number of aromatic nitrogens is 1. The van der Waals surface area contributed by atoms with Crippen molar-refractivity contribution in [3.8, 4) is 5.75 Å². The Labute approximate surface area is 214 Å². The number of piperidine rings is 2. The fraction of sp³-hybridized carbons (Fsp3) is 0.423. The van der Waals surface area contributed by atoms with Crippen LogP contribution in [0.25, 0.3) is 0 Å². The molecule has 2 saturated heterocycles. The second-order valence-corrected chi connectivity index (χ2v) is 8.93. The van der Waals surface area contributed by atoms with Gasteiger partial charge < -0.3 is 25.0 Å². The number of nitrogens with zero attached hydrogens (tertiary/aromatic N) is 3. The number of carboxylic acids is 2. The summed E-state index contributed by atoms with van der Waals surface area (Å²) < 4.78 is 5.16. The normalized spacial score (nSPS) is 20.3. The molecule has 2 aliphatic rings. The minimum Gasteiger partial charge on any atom is -0.497 e. The summed E-state index contributed by atoms with van der Waals surface area (Å²) in [4.78, 5) is 51.7. The van der Waals surface area contributed by atoms with Crippen LogP contribution in [0.3, 0.4) is 0 Å². The van der Waals surface area contributed by atoms with E-state index in [1.165, 1.54) is 0 Å². The Balaban J connectivity index is 0.000000568. The molecule has 0 unspecified atom stereocenters. The van der Waals surface area contributed by atoms with E-state index in [0.717, 1.165) is 43.7 Å². The van der Waals surface area contributed by atoms with Gasteiger partial charge in [-0.25, -0.2) is 9.59 Å². The fourth-order valence-electron chi connectivity index (χ4n) is 4.69. The SMILES string of the molecule is COc1ccc(C(=O)C2CCN([C@H]3CCN(C(=O)c4cccnc4)C[C@@H]3O)CC2)cc1.O=C(O)C(=O)O. The monoisotopic (exact) mass is 513 g/mol. The Kier molecular flexibility index (Phi) is 9.70. The molecule has 0 saturated carbocycles. The Morgan fingerprint density at radius 2 is 1.57 bits per heavy atom. The minimum atomic E-state index is -1.82. The molecule has 4 rings (SSSR count). The van der Waals surface area contributed by atoms with E-state index in [4.69, 9.17) is 24.5 Å². The van der Waals surface area contributed by atoms with Crippen LogP contribution >= 0.6 is 0 Å². The van der Waals surface area contributed by atoms with Gasteiger partial charge in [-0.3, -0.25) is 19.5 Å². The zero-order valence-corrected chi connectivity index (χ0v) is 20.5. The van der Waals surface area contributed by atoms with Gasteiger partial charge in [-0.15, -0.1) is 0 Å². The van der Waals surface area contributed by atoms with E-state index in [-0.39, 0.29) is 23.7 Å². The highest BCUT2D eigenvalue weighted by Gasteiger charge is 2.36. The van der Waals surface area contributed by atoms with Gasteiger partial charge in [-0.05, 0) is 68.8 Å². The van der Waals surface area contributed by atoms with Gasteiger partial charge in [0.05, 0.1) is 18.8 Å². The number of ketones is 1. The number of ether oxygens (including phenoxy) is 1. The Hall–Kier alpha value is -3.83. The predicted octanol–water partition coefficient (Wildman–Crippen LogP) is 1.42. The van der Waals surface area contributed by atoms with Crippen molar-refractivity contribution in [3.63, 3.8) is 0 Å². The number of carbonyl (C=O) groups excluding carboxylic acids is 2. The third kappa shape index (κ3) is 7.34. The Morgan fingerprint density at radius 3 is 2.08 bits per heavy atom. The van der Waals surface area contributed by atoms with Crippen molar-refractivity contribution in [2.24, 2.45) is 5.92 Å². The van der Waals surface area contributed by atoms with E-state index in [1.807, 2.05) is 24.3 Å². The lowest BCUT2D eigenvalue weighted by molar-refractivity contribution is -0.159. The number of likely N-dealkylation sites (tertiary alicyclic amines) is 2. The lowest BCUT2D eigenvalue weighted by atomic mass is 9.87. The molecule has 37 heavy (non-hydrogen) atoms. The maximum Gasteiger partial charge on any atom is 0.414 e. The van der Waals surface area contributed by atoms with Crippen LogP contribution in [0, 0.1) is 5.92 Å². The zero-order valence-electron chi connectivity index (χ0n) is 20.5. The molecule has 198 valence electrons. The van der Waals surface area contributed by atoms with Crippen molar-refractivity contribution in [2.75, 3.05) is 33.3 Å². The minimum absolute atomic E-state index is 0.00837. The molecule has 1 amide bonds. The highest BCUT2D eigenvalue weighted by atomic mass is 16.5. The summed E-state index contributed by atoms with van der Waals surface area (Å²) in [6.07, 6.45) is 4.90. The molecule has 2 fully saturated rings. The molecule has 11 heteroatoms. The molecule has 11 nitrogen and oxygen atoms in total. The van der Waals surface area contributed by atoms with Crippen molar-refractivity contribution >= 4 is 23.6 Å². The molecule has 0 radical (unpaired) electrons. The summed E-state index contributed by atoms with van der Waals surface area (Å²) >= 11 is 0. The lowest BCUT2D eigenvalue weighted by Crippen LogP contribution is -2.57. The van der Waals surface area contributed by atoms with Gasteiger partial charge in [0, 0.05) is 43.0 Å². The number of aliphatic hydroxyl groups is 1. The van der Waals surface area contributed by atoms with Crippen molar-refractivity contribution in [1.82, 2.24) is 14.8 Å². The first kappa shape index (κ1) is 27.8. The molecule has 1 aromatic carbocycles. The largest absolute Gasteiger partial charge is 0.497 e. The third-order valence-corrected chi connectivity index (χ3v) is 6.67. The van der Waals surface area contributed by atoms with Gasteiger partial charge in [0.25, 0.3) is 5.91 Å². The summed E-state index contributed by atoms with van der Waals surface area (Å²) in [5.74, 6) is -2.80. The van der Waals surface area contributed by atoms with Crippen LogP contribution in [0.1, 0.15) is 40.0 Å². The predicted molar refractivity (Wildman–Crippen MR) is 131 cm³/mol. The van der Waals surface area contributed by atoms with Crippen LogP contribution in [-0.4, -0.2) is 99.2 Å². The van der Waals surface area contributed by atoms with Crippen LogP contribution < -0.4 is 4.74 Å². The zero-order chi connectivity index (χ0) is 26.9. The van der Waals surface area contributed by atoms with Gasteiger partial charge in [-0.2, -0.15) is 0 Å². The number of hydrogen-bond acceptors (Lipinski definition) is 8. The van der Waals surface area contributed by atoms with Crippen LogP contribution in [0.5, 0.6) is 5.75 Å². The van der Waals surface area contributed by atoms with Gasteiger partial charge in [-0.1, -0.05) is 0 Å². The number of carbonyl (C=O) groups is 4. The number of β-amino-alcohol motifs (C(OH)–C–C–N with tert-alkyl or cyclic N) is 1. The van der Waals surface area contributed by atoms with Crippen LogP contribution in [0.2, 0.25) is 0 Å². The van der Waals surface area contributed by atoms with E-state index in [9.17, 15) is 14.7 Å². The molecule has 1 aromatic heterocycles. The molecule has 0 aliphatic carbocycles. The van der Waals surface area contributed by atoms with Crippen molar-refractivity contribution in [1.29, 1.82) is 0 Å². The van der Waals surface area contributed by atoms with Gasteiger partial charge in [0.15, 0.2) is 5.78 Å². The van der Waals surface area contributed by atoms with E-state index < -0.39 is 18.0 Å². The summed E-state index contributed by atoms with van der Waals surface area (Å²) in [7, 11) is 1.61. The highest BCUT2D eigenvalue weighted by Crippen LogP contribution is 2.27. The quantitative estimate of drug-likeness (QED) is 0.394. The topological polar surface area (TPSA) is 158 Å². The number of benzene rings is 1. The second kappa shape index (κ2) is 12.9. The number of rotatable bonds is 5. The van der Waals surface area contributed by atoms with Gasteiger partial charge >= 0.3 is 11.9 Å². The van der Waals surface area contributed by atoms with E-state index >= 15 is 0 Å². The molecular formula is C26H31N3O8. The first-order valence-corrected chi connectivity index (χ1v) is 12.0. The molecule has 0 spiro atoms. The maximum absolute atomic E-state index is 12.8. The molecule has 0 bridgehead atoms. The second-order valence-electron chi connectivity index (χ2n) is 8.93. The number of pyridine rings is 1. The van der Waals surface area contributed by atoms with E-state index in [2.05, 4.69) is 9.88 Å². The number of methoxy groups -OCH3 is 1. The number of aliphatic hydroxyl groups excluding tert-OH is 1. The van der Waals surface area contributed by atoms with E-state index in [1.54, 1.807) is 36.5 Å². The average molecular weight is 514 g/mol. The number of aliphatic carboxylic acids is 2. The third-order valence-electron chi connectivity index (χ3n) is 6.67. The number of hydrogen-bond donors (Lipinski definition) is 3. The van der Waals surface area contributed by atoms with Crippen LogP contribution in [0.4, 0.5) is 0 Å². The molecule has 3 N–H and O–H groups in total.